The molecule has 5 heteroatoms. The molecule has 0 aliphatic rings. The molecule has 1 aromatic rings. The van der Waals surface area contributed by atoms with Crippen LogP contribution in [0.25, 0.3) is 0 Å². The van der Waals surface area contributed by atoms with Crippen molar-refractivity contribution in [2.24, 2.45) is 5.14 Å². The van der Waals surface area contributed by atoms with Crippen LogP contribution in [0.15, 0.2) is 24.3 Å². The number of hydrogen-bond acceptors (Lipinski definition) is 3. The van der Waals surface area contributed by atoms with Gasteiger partial charge in [-0.3, -0.25) is 0 Å². The predicted octanol–water partition coefficient (Wildman–Crippen LogP) is 3.43. The van der Waals surface area contributed by atoms with Crippen LogP contribution in [0.2, 0.25) is 0 Å². The Balaban J connectivity index is 2.27. The Hall–Kier alpha value is -1.07. The lowest BCUT2D eigenvalue weighted by molar-refractivity contribution is 0.300. The molecule has 0 aliphatic heterocycles. The first-order valence-electron chi connectivity index (χ1n) is 7.66. The summed E-state index contributed by atoms with van der Waals surface area (Å²) in [7, 11) is -3.31. The van der Waals surface area contributed by atoms with Gasteiger partial charge in [-0.15, -0.1) is 0 Å². The van der Waals surface area contributed by atoms with Crippen LogP contribution in [0.5, 0.6) is 5.75 Å². The molecule has 21 heavy (non-hydrogen) atoms. The quantitative estimate of drug-likeness (QED) is 0.673. The Morgan fingerprint density at radius 3 is 2.48 bits per heavy atom. The van der Waals surface area contributed by atoms with Crippen LogP contribution < -0.4 is 9.88 Å². The zero-order valence-electron chi connectivity index (χ0n) is 13.0. The zero-order chi connectivity index (χ0) is 15.7. The highest BCUT2D eigenvalue weighted by atomic mass is 32.2. The van der Waals surface area contributed by atoms with Gasteiger partial charge in [0.1, 0.15) is 5.75 Å². The van der Waals surface area contributed by atoms with Crippen molar-refractivity contribution in [3.8, 4) is 5.75 Å². The second-order valence-corrected chi connectivity index (χ2v) is 7.21. The van der Waals surface area contributed by atoms with E-state index in [9.17, 15) is 8.42 Å². The number of sulfonamides is 1. The highest BCUT2D eigenvalue weighted by Crippen LogP contribution is 2.28. The fourth-order valence-electron chi connectivity index (χ4n) is 2.18. The Kier molecular flexibility index (Phi) is 7.75. The number of rotatable bonds is 10. The van der Waals surface area contributed by atoms with Crippen molar-refractivity contribution in [1.82, 2.24) is 0 Å². The van der Waals surface area contributed by atoms with E-state index in [0.29, 0.717) is 18.9 Å². The van der Waals surface area contributed by atoms with Gasteiger partial charge in [0, 0.05) is 0 Å². The fourth-order valence-corrected chi connectivity index (χ4v) is 2.79. The predicted molar refractivity (Wildman–Crippen MR) is 87.1 cm³/mol. The van der Waals surface area contributed by atoms with Crippen molar-refractivity contribution in [2.75, 3.05) is 12.4 Å². The molecule has 0 saturated carbocycles. The van der Waals surface area contributed by atoms with Crippen LogP contribution in [0.1, 0.15) is 57.4 Å². The first kappa shape index (κ1) is 18.0. The highest BCUT2D eigenvalue weighted by molar-refractivity contribution is 7.89. The summed E-state index contributed by atoms with van der Waals surface area (Å²) in [5, 5.41) is 4.96. The lowest BCUT2D eigenvalue weighted by atomic mass is 9.98. The second-order valence-electron chi connectivity index (χ2n) is 5.48. The van der Waals surface area contributed by atoms with Crippen molar-refractivity contribution < 1.29 is 13.2 Å². The molecule has 1 unspecified atom stereocenters. The van der Waals surface area contributed by atoms with Crippen LogP contribution in [-0.4, -0.2) is 20.8 Å². The van der Waals surface area contributed by atoms with E-state index >= 15 is 0 Å². The van der Waals surface area contributed by atoms with Crippen molar-refractivity contribution in [1.29, 1.82) is 0 Å². The maximum Gasteiger partial charge on any atom is 0.209 e. The fraction of sp³-hybridized carbons (Fsp3) is 0.625. The number of unbranched alkanes of at least 4 members (excludes halogenated alkanes) is 3. The average molecular weight is 313 g/mol. The van der Waals surface area contributed by atoms with E-state index in [4.69, 9.17) is 9.88 Å². The molecule has 1 atom stereocenters. The van der Waals surface area contributed by atoms with Gasteiger partial charge < -0.3 is 4.74 Å². The van der Waals surface area contributed by atoms with Gasteiger partial charge in [0.15, 0.2) is 0 Å². The van der Waals surface area contributed by atoms with E-state index in [0.717, 1.165) is 31.4 Å². The molecule has 120 valence electrons. The van der Waals surface area contributed by atoms with E-state index in [-0.39, 0.29) is 5.75 Å². The van der Waals surface area contributed by atoms with E-state index in [1.807, 2.05) is 18.2 Å². The smallest absolute Gasteiger partial charge is 0.209 e. The first-order chi connectivity index (χ1) is 9.94. The van der Waals surface area contributed by atoms with Gasteiger partial charge in [-0.05, 0) is 36.8 Å². The minimum absolute atomic E-state index is 0.0741. The number of para-hydroxylation sites is 1. The van der Waals surface area contributed by atoms with Gasteiger partial charge in [0.25, 0.3) is 0 Å². The summed E-state index contributed by atoms with van der Waals surface area (Å²) in [4.78, 5) is 0. The molecule has 2 N–H and O–H groups in total. The molecule has 1 rings (SSSR count). The van der Waals surface area contributed by atoms with Crippen molar-refractivity contribution in [2.45, 2.75) is 51.9 Å². The third-order valence-electron chi connectivity index (χ3n) is 3.64. The molecular weight excluding hydrogens is 286 g/mol. The molecular formula is C16H27NO3S. The average Bonchev–Trinajstić information content (AvgIpc) is 2.44. The normalized spacial score (nSPS) is 13.1. The molecule has 0 heterocycles. The Labute approximate surface area is 128 Å². The topological polar surface area (TPSA) is 69.4 Å². The Morgan fingerprint density at radius 1 is 1.14 bits per heavy atom. The van der Waals surface area contributed by atoms with Crippen LogP contribution in [0.4, 0.5) is 0 Å². The van der Waals surface area contributed by atoms with Gasteiger partial charge in [-0.2, -0.15) is 0 Å². The first-order valence-corrected chi connectivity index (χ1v) is 9.37. The molecule has 0 bridgehead atoms. The molecule has 0 aliphatic carbocycles. The third-order valence-corrected chi connectivity index (χ3v) is 4.50. The number of primary sulfonamides is 1. The summed E-state index contributed by atoms with van der Waals surface area (Å²) in [6, 6.07) is 8.17. The molecule has 1 aromatic carbocycles. The Morgan fingerprint density at radius 2 is 1.81 bits per heavy atom. The number of nitrogens with two attached hydrogens (primary N) is 1. The van der Waals surface area contributed by atoms with Crippen molar-refractivity contribution >= 4 is 10.0 Å². The van der Waals surface area contributed by atoms with Crippen LogP contribution >= 0.6 is 0 Å². The van der Waals surface area contributed by atoms with E-state index in [2.05, 4.69) is 19.9 Å². The zero-order valence-corrected chi connectivity index (χ0v) is 13.9. The number of hydrogen-bond donors (Lipinski definition) is 1. The summed E-state index contributed by atoms with van der Waals surface area (Å²) < 4.78 is 27.4. The summed E-state index contributed by atoms with van der Waals surface area (Å²) in [5.41, 5.74) is 1.26. The second kappa shape index (κ2) is 9.05. The lowest BCUT2D eigenvalue weighted by Crippen LogP contribution is -2.16. The van der Waals surface area contributed by atoms with Crippen LogP contribution in [-0.2, 0) is 10.0 Å². The molecule has 0 spiro atoms. The lowest BCUT2D eigenvalue weighted by Gasteiger charge is -2.15. The number of ether oxygens (including phenoxy) is 1. The minimum atomic E-state index is -3.31. The summed E-state index contributed by atoms with van der Waals surface area (Å²) >= 11 is 0. The van der Waals surface area contributed by atoms with Gasteiger partial charge >= 0.3 is 0 Å². The summed E-state index contributed by atoms with van der Waals surface area (Å²) in [5.74, 6) is 1.54. The number of benzene rings is 1. The van der Waals surface area contributed by atoms with E-state index < -0.39 is 10.0 Å². The van der Waals surface area contributed by atoms with Crippen molar-refractivity contribution in [3.63, 3.8) is 0 Å². The SMILES string of the molecule is CCC(C)c1ccccc1OCCCCCCS(N)(=O)=O. The molecule has 0 saturated heterocycles. The third kappa shape index (κ3) is 7.48. The maximum absolute atomic E-state index is 10.8. The van der Waals surface area contributed by atoms with Gasteiger partial charge in [-0.1, -0.05) is 44.9 Å². The molecule has 0 aromatic heterocycles. The van der Waals surface area contributed by atoms with Gasteiger partial charge in [-0.25, -0.2) is 13.6 Å². The van der Waals surface area contributed by atoms with E-state index in [1.54, 1.807) is 0 Å². The van der Waals surface area contributed by atoms with Crippen LogP contribution in [0.3, 0.4) is 0 Å². The highest BCUT2D eigenvalue weighted by Gasteiger charge is 2.09. The Bertz CT molecular complexity index is 514. The molecule has 0 amide bonds. The van der Waals surface area contributed by atoms with Crippen LogP contribution in [0, 0.1) is 0 Å². The monoisotopic (exact) mass is 313 g/mol. The molecule has 0 radical (unpaired) electrons. The van der Waals surface area contributed by atoms with Crippen molar-refractivity contribution in [3.05, 3.63) is 29.8 Å². The molecule has 4 nitrogen and oxygen atoms in total. The minimum Gasteiger partial charge on any atom is -0.493 e. The summed E-state index contributed by atoms with van der Waals surface area (Å²) in [6.45, 7) is 5.05. The van der Waals surface area contributed by atoms with Gasteiger partial charge in [0.2, 0.25) is 10.0 Å². The molecule has 0 fully saturated rings. The van der Waals surface area contributed by atoms with Gasteiger partial charge in [0.05, 0.1) is 12.4 Å². The van der Waals surface area contributed by atoms with E-state index in [1.165, 1.54) is 5.56 Å². The maximum atomic E-state index is 10.8. The largest absolute Gasteiger partial charge is 0.493 e. The standard InChI is InChI=1S/C16H27NO3S/c1-3-14(2)15-10-6-7-11-16(15)20-12-8-4-5-9-13-21(17,18)19/h6-7,10-11,14H,3-5,8-9,12-13H2,1-2H3,(H2,17,18,19). The summed E-state index contributed by atoms with van der Waals surface area (Å²) in [6.07, 6.45) is 4.48.